The summed E-state index contributed by atoms with van der Waals surface area (Å²) in [5.74, 6) is -4.10. The van der Waals surface area contributed by atoms with Gasteiger partial charge in [0.15, 0.2) is 17.5 Å². The summed E-state index contributed by atoms with van der Waals surface area (Å²) >= 11 is 4.20. The van der Waals surface area contributed by atoms with Gasteiger partial charge in [0.1, 0.15) is 0 Å². The fourth-order valence-electron chi connectivity index (χ4n) is 0.659. The third-order valence-corrected chi connectivity index (χ3v) is 1.23. The molecule has 62 valence electrons. The van der Waals surface area contributed by atoms with E-state index in [1.54, 1.807) is 0 Å². The molecule has 0 aliphatic carbocycles. The van der Waals surface area contributed by atoms with Crippen molar-refractivity contribution in [1.29, 1.82) is 0 Å². The highest BCUT2D eigenvalue weighted by atomic mass is 32.1. The van der Waals surface area contributed by atoms with E-state index in [0.29, 0.717) is 0 Å². The Kier molecular flexibility index (Phi) is 2.58. The number of halogens is 3. The molecule has 0 aromatic heterocycles. The minimum Gasteiger partial charge on any atom is -0.204 e. The van der Waals surface area contributed by atoms with E-state index in [4.69, 9.17) is 0 Å². The Morgan fingerprint density at radius 2 is 1.67 bits per heavy atom. The molecule has 0 radical (unpaired) electrons. The van der Waals surface area contributed by atoms with Gasteiger partial charge in [-0.15, -0.1) is 0 Å². The molecule has 0 aliphatic heterocycles. The van der Waals surface area contributed by atoms with Crippen molar-refractivity contribution in [1.82, 2.24) is 0 Å². The number of aliphatic imine (C=N–C) groups is 1. The fourth-order valence-corrected chi connectivity index (χ4v) is 0.765. The van der Waals surface area contributed by atoms with Gasteiger partial charge in [-0.1, -0.05) is 0 Å². The second kappa shape index (κ2) is 3.47. The van der Waals surface area contributed by atoms with E-state index in [2.05, 4.69) is 17.2 Å². The number of hydrogen-bond donors (Lipinski definition) is 0. The van der Waals surface area contributed by atoms with Gasteiger partial charge in [0.25, 0.3) is 0 Å². The zero-order valence-corrected chi connectivity index (χ0v) is 6.46. The summed E-state index contributed by atoms with van der Waals surface area (Å²) < 4.78 is 37.2. The predicted molar refractivity (Wildman–Crippen MR) is 41.0 cm³/mol. The summed E-state index contributed by atoms with van der Waals surface area (Å²) in [4.78, 5) is 3.29. The van der Waals surface area contributed by atoms with Crippen molar-refractivity contribution in [3.05, 3.63) is 29.6 Å². The van der Waals surface area contributed by atoms with Crippen molar-refractivity contribution < 1.29 is 13.2 Å². The van der Waals surface area contributed by atoms with Crippen LogP contribution in [0.25, 0.3) is 0 Å². The molecular weight excluding hydrogens is 187 g/mol. The van der Waals surface area contributed by atoms with Gasteiger partial charge in [-0.25, -0.2) is 13.2 Å². The highest BCUT2D eigenvalue weighted by Gasteiger charge is 2.09. The van der Waals surface area contributed by atoms with Gasteiger partial charge < -0.3 is 0 Å². The quantitative estimate of drug-likeness (QED) is 0.376. The van der Waals surface area contributed by atoms with Gasteiger partial charge in [-0.05, 0) is 12.2 Å². The van der Waals surface area contributed by atoms with Crippen molar-refractivity contribution in [3.63, 3.8) is 0 Å². The minimum atomic E-state index is -1.52. The zero-order valence-electron chi connectivity index (χ0n) is 5.64. The van der Waals surface area contributed by atoms with Gasteiger partial charge in [0, 0.05) is 12.1 Å². The summed E-state index contributed by atoms with van der Waals surface area (Å²) in [5, 5.41) is 1.91. The van der Waals surface area contributed by atoms with Crippen molar-refractivity contribution >= 4 is 23.1 Å². The van der Waals surface area contributed by atoms with Crippen LogP contribution in [0, 0.1) is 17.5 Å². The maximum atomic E-state index is 12.4. The van der Waals surface area contributed by atoms with Gasteiger partial charge in [0.2, 0.25) is 0 Å². The fraction of sp³-hybridized carbons (Fsp3) is 0. The minimum absolute atomic E-state index is 0.0959. The molecule has 0 unspecified atom stereocenters. The molecule has 0 aliphatic rings. The molecular formula is C7H2F3NS. The Bertz CT molecular complexity index is 335. The lowest BCUT2D eigenvalue weighted by Gasteiger charge is -1.95. The van der Waals surface area contributed by atoms with Gasteiger partial charge in [-0.2, -0.15) is 4.99 Å². The SMILES string of the molecule is Fc1cc(N=C=S)cc(F)c1F. The Hall–Kier alpha value is -1.19. The molecule has 0 atom stereocenters. The molecule has 1 rings (SSSR count). The monoisotopic (exact) mass is 189 g/mol. The maximum Gasteiger partial charge on any atom is 0.194 e. The van der Waals surface area contributed by atoms with Gasteiger partial charge in [0.05, 0.1) is 10.8 Å². The number of rotatable bonds is 1. The van der Waals surface area contributed by atoms with E-state index in [9.17, 15) is 13.2 Å². The first-order valence-electron chi connectivity index (χ1n) is 2.87. The third-order valence-electron chi connectivity index (χ3n) is 1.14. The van der Waals surface area contributed by atoms with Crippen LogP contribution >= 0.6 is 12.2 Å². The molecule has 0 fully saturated rings. The van der Waals surface area contributed by atoms with Crippen LogP contribution in [-0.4, -0.2) is 5.16 Å². The molecule has 1 aromatic carbocycles. The molecule has 0 saturated heterocycles. The van der Waals surface area contributed by atoms with E-state index < -0.39 is 17.5 Å². The van der Waals surface area contributed by atoms with E-state index in [1.807, 2.05) is 5.16 Å². The van der Waals surface area contributed by atoms with Crippen LogP contribution in [0.3, 0.4) is 0 Å². The average Bonchev–Trinajstić information content (AvgIpc) is 2.01. The van der Waals surface area contributed by atoms with E-state index in [1.165, 1.54) is 0 Å². The number of hydrogen-bond acceptors (Lipinski definition) is 2. The van der Waals surface area contributed by atoms with Gasteiger partial charge in [-0.3, -0.25) is 0 Å². The topological polar surface area (TPSA) is 12.4 Å². The Balaban J connectivity index is 3.30. The smallest absolute Gasteiger partial charge is 0.194 e. The van der Waals surface area contributed by atoms with Crippen LogP contribution in [0.1, 0.15) is 0 Å². The van der Waals surface area contributed by atoms with Crippen LogP contribution < -0.4 is 0 Å². The molecule has 0 heterocycles. The van der Waals surface area contributed by atoms with Crippen LogP contribution in [0.5, 0.6) is 0 Å². The van der Waals surface area contributed by atoms with Crippen molar-refractivity contribution in [2.24, 2.45) is 4.99 Å². The first-order chi connectivity index (χ1) is 5.65. The van der Waals surface area contributed by atoms with Crippen LogP contribution in [-0.2, 0) is 0 Å². The largest absolute Gasteiger partial charge is 0.204 e. The van der Waals surface area contributed by atoms with E-state index in [0.717, 1.165) is 12.1 Å². The Labute approximate surface area is 71.5 Å². The van der Waals surface area contributed by atoms with E-state index in [-0.39, 0.29) is 5.69 Å². The summed E-state index contributed by atoms with van der Waals surface area (Å²) in [6, 6.07) is 1.47. The van der Waals surface area contributed by atoms with Crippen LogP contribution in [0.15, 0.2) is 17.1 Å². The van der Waals surface area contributed by atoms with Crippen LogP contribution in [0.4, 0.5) is 18.9 Å². The first kappa shape index (κ1) is 8.90. The lowest BCUT2D eigenvalue weighted by molar-refractivity contribution is 0.447. The summed E-state index contributed by atoms with van der Waals surface area (Å²) in [6.45, 7) is 0. The Morgan fingerprint density at radius 3 is 2.08 bits per heavy atom. The maximum absolute atomic E-state index is 12.4. The van der Waals surface area contributed by atoms with Gasteiger partial charge >= 0.3 is 0 Å². The second-order valence-corrected chi connectivity index (χ2v) is 2.11. The summed E-state index contributed by atoms with van der Waals surface area (Å²) in [7, 11) is 0. The molecule has 0 saturated carbocycles. The number of benzene rings is 1. The lowest BCUT2D eigenvalue weighted by atomic mass is 10.3. The molecule has 0 spiro atoms. The normalized spacial score (nSPS) is 9.25. The number of thiocarbonyl (C=S) groups is 1. The highest BCUT2D eigenvalue weighted by molar-refractivity contribution is 7.78. The zero-order chi connectivity index (χ0) is 9.14. The lowest BCUT2D eigenvalue weighted by Crippen LogP contribution is -1.88. The molecule has 12 heavy (non-hydrogen) atoms. The van der Waals surface area contributed by atoms with Crippen molar-refractivity contribution in [3.8, 4) is 0 Å². The van der Waals surface area contributed by atoms with E-state index >= 15 is 0 Å². The number of isothiocyanates is 1. The molecule has 1 aromatic rings. The first-order valence-corrected chi connectivity index (χ1v) is 3.28. The standard InChI is InChI=1S/C7H2F3NS/c8-5-1-4(11-3-12)2-6(9)7(5)10/h1-2H. The van der Waals surface area contributed by atoms with Crippen molar-refractivity contribution in [2.75, 3.05) is 0 Å². The predicted octanol–water partition coefficient (Wildman–Crippen LogP) is 2.84. The average molecular weight is 189 g/mol. The number of nitrogens with zero attached hydrogens (tertiary/aromatic N) is 1. The Morgan fingerprint density at radius 1 is 1.17 bits per heavy atom. The molecule has 1 nitrogen and oxygen atoms in total. The molecule has 5 heteroatoms. The molecule has 0 N–H and O–H groups in total. The highest BCUT2D eigenvalue weighted by Crippen LogP contribution is 2.18. The van der Waals surface area contributed by atoms with Crippen molar-refractivity contribution in [2.45, 2.75) is 0 Å². The molecule has 0 bridgehead atoms. The summed E-state index contributed by atoms with van der Waals surface area (Å²) in [6.07, 6.45) is 0. The molecule has 0 amide bonds. The summed E-state index contributed by atoms with van der Waals surface area (Å²) in [5.41, 5.74) is -0.0959. The second-order valence-electron chi connectivity index (χ2n) is 1.93. The third kappa shape index (κ3) is 1.69. The van der Waals surface area contributed by atoms with Crippen LogP contribution in [0.2, 0.25) is 0 Å².